The van der Waals surface area contributed by atoms with Crippen molar-refractivity contribution in [1.82, 2.24) is 4.57 Å². The van der Waals surface area contributed by atoms with Crippen LogP contribution in [0.4, 0.5) is 0 Å². The number of rotatable bonds is 4. The molecular weight excluding hydrogens is 458 g/mol. The fourth-order valence-electron chi connectivity index (χ4n) is 5.58. The Hall–Kier alpha value is -4.36. The summed E-state index contributed by atoms with van der Waals surface area (Å²) in [6.07, 6.45) is 2.21. The molecule has 1 nitrogen and oxygen atoms in total. The molecule has 1 heterocycles. The highest BCUT2D eigenvalue weighted by Gasteiger charge is 2.25. The summed E-state index contributed by atoms with van der Waals surface area (Å²) in [5.41, 5.74) is 16.4. The van der Waals surface area contributed by atoms with E-state index < -0.39 is 0 Å². The van der Waals surface area contributed by atoms with E-state index in [4.69, 9.17) is 0 Å². The van der Waals surface area contributed by atoms with Crippen LogP contribution in [0.25, 0.3) is 55.4 Å². The molecule has 0 amide bonds. The Kier molecular flexibility index (Phi) is 6.00. The molecule has 0 saturated carbocycles. The third-order valence-electron chi connectivity index (χ3n) is 7.69. The van der Waals surface area contributed by atoms with Gasteiger partial charge in [0.2, 0.25) is 0 Å². The molecular formula is C37H33N. The Morgan fingerprint density at radius 3 is 1.08 bits per heavy atom. The molecule has 0 aliphatic heterocycles. The maximum absolute atomic E-state index is 2.29. The van der Waals surface area contributed by atoms with Gasteiger partial charge >= 0.3 is 0 Å². The summed E-state index contributed by atoms with van der Waals surface area (Å²) in [6.45, 7) is 8.62. The number of aromatic nitrogens is 1. The van der Waals surface area contributed by atoms with Gasteiger partial charge in [0, 0.05) is 29.8 Å². The van der Waals surface area contributed by atoms with Crippen LogP contribution < -0.4 is 0 Å². The van der Waals surface area contributed by atoms with Crippen molar-refractivity contribution in [2.24, 2.45) is 7.05 Å². The smallest absolute Gasteiger partial charge is 0.0570 e. The summed E-state index contributed by atoms with van der Waals surface area (Å²) in [7, 11) is 2.17. The van der Waals surface area contributed by atoms with E-state index in [1.807, 2.05) is 0 Å². The van der Waals surface area contributed by atoms with E-state index >= 15 is 0 Å². The molecule has 1 heteroatoms. The van der Waals surface area contributed by atoms with Gasteiger partial charge in [-0.2, -0.15) is 0 Å². The molecule has 6 rings (SSSR count). The van der Waals surface area contributed by atoms with Crippen LogP contribution in [0, 0.1) is 27.7 Å². The molecule has 0 unspecified atom stereocenters. The van der Waals surface area contributed by atoms with E-state index in [-0.39, 0.29) is 0 Å². The predicted octanol–water partition coefficient (Wildman–Crippen LogP) is 10.1. The van der Waals surface area contributed by atoms with Crippen LogP contribution >= 0.6 is 0 Å². The van der Waals surface area contributed by atoms with Crippen molar-refractivity contribution in [3.8, 4) is 44.5 Å². The predicted molar refractivity (Wildman–Crippen MR) is 164 cm³/mol. The minimum atomic E-state index is 1.23. The lowest BCUT2D eigenvalue weighted by Gasteiger charge is -2.24. The van der Waals surface area contributed by atoms with Gasteiger partial charge in [0.15, 0.2) is 0 Å². The molecule has 1 aromatic heterocycles. The Bertz CT molecular complexity index is 1750. The lowest BCUT2D eigenvalue weighted by molar-refractivity contribution is 0.970. The van der Waals surface area contributed by atoms with Crippen molar-refractivity contribution >= 4 is 10.9 Å². The Balaban J connectivity index is 1.87. The van der Waals surface area contributed by atoms with Gasteiger partial charge < -0.3 is 4.57 Å². The van der Waals surface area contributed by atoms with Gasteiger partial charge in [-0.25, -0.2) is 0 Å². The third-order valence-corrected chi connectivity index (χ3v) is 7.69. The minimum Gasteiger partial charge on any atom is -0.350 e. The molecule has 6 aromatic rings. The van der Waals surface area contributed by atoms with Crippen molar-refractivity contribution in [3.05, 3.63) is 132 Å². The number of benzene rings is 5. The number of aryl methyl sites for hydroxylation is 5. The van der Waals surface area contributed by atoms with Crippen LogP contribution in [-0.2, 0) is 7.05 Å². The van der Waals surface area contributed by atoms with Gasteiger partial charge in [0.25, 0.3) is 0 Å². The quantitative estimate of drug-likeness (QED) is 0.231. The van der Waals surface area contributed by atoms with E-state index in [9.17, 15) is 0 Å². The normalized spacial score (nSPS) is 11.3. The van der Waals surface area contributed by atoms with Crippen molar-refractivity contribution in [2.45, 2.75) is 27.7 Å². The van der Waals surface area contributed by atoms with Gasteiger partial charge in [-0.15, -0.1) is 0 Å². The first-order chi connectivity index (χ1) is 18.4. The molecule has 38 heavy (non-hydrogen) atoms. The van der Waals surface area contributed by atoms with Crippen LogP contribution in [-0.4, -0.2) is 4.57 Å². The first-order valence-corrected chi connectivity index (χ1v) is 13.3. The maximum Gasteiger partial charge on any atom is 0.0570 e. The first kappa shape index (κ1) is 24.0. The Morgan fingerprint density at radius 2 is 0.684 bits per heavy atom. The number of fused-ring (bicyclic) bond motifs is 1. The largest absolute Gasteiger partial charge is 0.350 e. The number of hydrogen-bond donors (Lipinski definition) is 0. The molecule has 186 valence electrons. The second kappa shape index (κ2) is 9.50. The molecule has 0 aliphatic carbocycles. The lowest BCUT2D eigenvalue weighted by atomic mass is 9.80. The van der Waals surface area contributed by atoms with E-state index in [0.717, 1.165) is 0 Å². The molecule has 0 fully saturated rings. The zero-order valence-electron chi connectivity index (χ0n) is 22.8. The monoisotopic (exact) mass is 491 g/mol. The van der Waals surface area contributed by atoms with E-state index in [1.165, 1.54) is 77.7 Å². The fraction of sp³-hybridized carbons (Fsp3) is 0.135. The summed E-state index contributed by atoms with van der Waals surface area (Å²) < 4.78 is 2.29. The minimum absolute atomic E-state index is 1.23. The summed E-state index contributed by atoms with van der Waals surface area (Å²) in [4.78, 5) is 0. The third kappa shape index (κ3) is 4.15. The second-order valence-corrected chi connectivity index (χ2v) is 10.7. The van der Waals surface area contributed by atoms with E-state index in [1.54, 1.807) is 0 Å². The van der Waals surface area contributed by atoms with Crippen LogP contribution in [0.5, 0.6) is 0 Å². The van der Waals surface area contributed by atoms with Crippen molar-refractivity contribution in [2.75, 3.05) is 0 Å². The van der Waals surface area contributed by atoms with Crippen LogP contribution in [0.1, 0.15) is 22.3 Å². The lowest BCUT2D eigenvalue weighted by Crippen LogP contribution is -1.99. The average molecular weight is 492 g/mol. The molecule has 0 aliphatic rings. The van der Waals surface area contributed by atoms with E-state index in [2.05, 4.69) is 149 Å². The summed E-state index contributed by atoms with van der Waals surface area (Å²) in [6, 6.07) is 38.4. The number of hydrogen-bond acceptors (Lipinski definition) is 0. The highest BCUT2D eigenvalue weighted by molar-refractivity contribution is 6.17. The topological polar surface area (TPSA) is 4.93 Å². The summed E-state index contributed by atoms with van der Waals surface area (Å²) in [5.74, 6) is 0. The van der Waals surface area contributed by atoms with E-state index in [0.29, 0.717) is 0 Å². The molecule has 5 aromatic carbocycles. The molecule has 0 saturated heterocycles. The molecule has 0 bridgehead atoms. The Labute approximate surface area is 226 Å². The maximum atomic E-state index is 2.29. The van der Waals surface area contributed by atoms with Crippen LogP contribution in [0.15, 0.2) is 109 Å². The van der Waals surface area contributed by atoms with Gasteiger partial charge in [-0.05, 0) is 67.1 Å². The Morgan fingerprint density at radius 1 is 0.368 bits per heavy atom. The van der Waals surface area contributed by atoms with Crippen LogP contribution in [0.2, 0.25) is 0 Å². The molecule has 0 spiro atoms. The van der Waals surface area contributed by atoms with Gasteiger partial charge in [-0.1, -0.05) is 119 Å². The highest BCUT2D eigenvalue weighted by atomic mass is 14.9. The summed E-state index contributed by atoms with van der Waals surface area (Å²) in [5, 5.41) is 1.28. The van der Waals surface area contributed by atoms with Crippen LogP contribution in [0.3, 0.4) is 0 Å². The zero-order chi connectivity index (χ0) is 26.4. The van der Waals surface area contributed by atoms with Crippen molar-refractivity contribution in [3.63, 3.8) is 0 Å². The van der Waals surface area contributed by atoms with Gasteiger partial charge in [0.1, 0.15) is 0 Å². The first-order valence-electron chi connectivity index (χ1n) is 13.3. The molecule has 0 radical (unpaired) electrons. The number of nitrogens with zero attached hydrogens (tertiary/aromatic N) is 1. The van der Waals surface area contributed by atoms with Crippen molar-refractivity contribution in [1.29, 1.82) is 0 Å². The van der Waals surface area contributed by atoms with Gasteiger partial charge in [-0.3, -0.25) is 0 Å². The fourth-order valence-corrected chi connectivity index (χ4v) is 5.58. The summed E-state index contributed by atoms with van der Waals surface area (Å²) >= 11 is 0. The van der Waals surface area contributed by atoms with Gasteiger partial charge in [0.05, 0.1) is 5.52 Å². The van der Waals surface area contributed by atoms with Crippen molar-refractivity contribution < 1.29 is 0 Å². The zero-order valence-corrected chi connectivity index (χ0v) is 22.8. The molecule has 0 N–H and O–H groups in total. The molecule has 0 atom stereocenters. The SMILES string of the molecule is Cc1ccc(-c2c(-c3ccc(C)cc3)c(-c3ccc(C)cc3)c3c(ccn3C)c2-c2ccc(C)cc2)cc1. The second-order valence-electron chi connectivity index (χ2n) is 10.7. The average Bonchev–Trinajstić information content (AvgIpc) is 3.30. The standard InChI is InChI=1S/C37H33N/c1-24-6-14-28(15-7-24)33-32-22-23-38(5)37(32)36(31-20-12-27(4)13-21-31)35(30-18-10-26(3)11-19-30)34(33)29-16-8-25(2)9-17-29/h6-23H,1-5H3. The highest BCUT2D eigenvalue weighted by Crippen LogP contribution is 2.51.